The number of methoxy groups -OCH3 is 1. The first kappa shape index (κ1) is 16.3. The van der Waals surface area contributed by atoms with Crippen molar-refractivity contribution in [3.05, 3.63) is 28.2 Å². The number of hydrogen-bond donors (Lipinski definition) is 2. The van der Waals surface area contributed by atoms with Crippen molar-refractivity contribution in [3.63, 3.8) is 0 Å². The third kappa shape index (κ3) is 4.73. The fourth-order valence-corrected chi connectivity index (χ4v) is 1.83. The minimum atomic E-state index is -0.227. The van der Waals surface area contributed by atoms with Crippen LogP contribution in [0.25, 0.3) is 0 Å². The van der Waals surface area contributed by atoms with Gasteiger partial charge in [0, 0.05) is 31.7 Å². The van der Waals surface area contributed by atoms with E-state index in [4.69, 9.17) is 4.74 Å². The van der Waals surface area contributed by atoms with E-state index in [-0.39, 0.29) is 11.9 Å². The Morgan fingerprint density at radius 1 is 1.25 bits per heavy atom. The molecule has 1 aromatic carbocycles. The van der Waals surface area contributed by atoms with Crippen LogP contribution in [-0.4, -0.2) is 51.1 Å². The molecule has 0 aliphatic rings. The monoisotopic (exact) mass is 343 g/mol. The molecule has 0 spiro atoms. The molecule has 0 atom stereocenters. The highest BCUT2D eigenvalue weighted by Crippen LogP contribution is 2.22. The number of benzene rings is 1. The van der Waals surface area contributed by atoms with Gasteiger partial charge in [-0.3, -0.25) is 4.79 Å². The summed E-state index contributed by atoms with van der Waals surface area (Å²) in [5.74, 6) is 0.383. The second-order valence-corrected chi connectivity index (χ2v) is 5.08. The lowest BCUT2D eigenvalue weighted by Gasteiger charge is -2.12. The molecular weight excluding hydrogens is 326 g/mol. The van der Waals surface area contributed by atoms with Crippen LogP contribution in [0.15, 0.2) is 22.7 Å². The van der Waals surface area contributed by atoms with Gasteiger partial charge in [0.2, 0.25) is 0 Å². The quantitative estimate of drug-likeness (QED) is 0.795. The maximum absolute atomic E-state index is 12.0. The van der Waals surface area contributed by atoms with E-state index in [2.05, 4.69) is 26.6 Å². The van der Waals surface area contributed by atoms with Gasteiger partial charge in [0.15, 0.2) is 0 Å². The number of nitrogens with one attached hydrogen (secondary N) is 2. The number of nitrogens with zero attached hydrogens (tertiary/aromatic N) is 1. The van der Waals surface area contributed by atoms with Crippen LogP contribution < -0.4 is 15.4 Å². The summed E-state index contributed by atoms with van der Waals surface area (Å²) in [5, 5.41) is 5.39. The van der Waals surface area contributed by atoms with Gasteiger partial charge < -0.3 is 20.3 Å². The van der Waals surface area contributed by atoms with Crippen molar-refractivity contribution in [3.8, 4) is 5.75 Å². The summed E-state index contributed by atoms with van der Waals surface area (Å²) in [7, 11) is 4.85. The molecule has 0 bridgehead atoms. The van der Waals surface area contributed by atoms with Crippen LogP contribution >= 0.6 is 15.9 Å². The lowest BCUT2D eigenvalue weighted by molar-refractivity contribution is 0.0952. The topological polar surface area (TPSA) is 70.7 Å². The maximum atomic E-state index is 12.0. The minimum Gasteiger partial charge on any atom is -0.497 e. The Hall–Kier alpha value is -1.76. The van der Waals surface area contributed by atoms with E-state index >= 15 is 0 Å². The number of rotatable bonds is 5. The number of urea groups is 1. The molecule has 7 heteroatoms. The van der Waals surface area contributed by atoms with Gasteiger partial charge in [0.1, 0.15) is 5.75 Å². The molecule has 0 heterocycles. The zero-order valence-electron chi connectivity index (χ0n) is 11.7. The van der Waals surface area contributed by atoms with Gasteiger partial charge in [-0.05, 0) is 34.1 Å². The predicted molar refractivity (Wildman–Crippen MR) is 80.1 cm³/mol. The Kier molecular flexibility index (Phi) is 6.30. The van der Waals surface area contributed by atoms with Crippen LogP contribution in [-0.2, 0) is 0 Å². The lowest BCUT2D eigenvalue weighted by atomic mass is 10.2. The molecule has 0 unspecified atom stereocenters. The second kappa shape index (κ2) is 7.74. The number of hydrogen-bond acceptors (Lipinski definition) is 3. The molecule has 0 aliphatic carbocycles. The van der Waals surface area contributed by atoms with Crippen LogP contribution in [0.1, 0.15) is 10.4 Å². The molecule has 2 N–H and O–H groups in total. The summed E-state index contributed by atoms with van der Waals surface area (Å²) in [6, 6.07) is 4.97. The van der Waals surface area contributed by atoms with E-state index in [1.807, 2.05) is 0 Å². The molecular formula is C13H18BrN3O3. The van der Waals surface area contributed by atoms with Crippen molar-refractivity contribution in [1.29, 1.82) is 0 Å². The maximum Gasteiger partial charge on any atom is 0.316 e. The van der Waals surface area contributed by atoms with Gasteiger partial charge in [-0.25, -0.2) is 4.79 Å². The van der Waals surface area contributed by atoms with Crippen LogP contribution in [0.5, 0.6) is 5.75 Å². The Morgan fingerprint density at radius 2 is 1.90 bits per heavy atom. The highest BCUT2D eigenvalue weighted by atomic mass is 79.9. The molecule has 1 rings (SSSR count). The largest absolute Gasteiger partial charge is 0.497 e. The van der Waals surface area contributed by atoms with Crippen molar-refractivity contribution in [1.82, 2.24) is 15.5 Å². The van der Waals surface area contributed by atoms with Crippen molar-refractivity contribution in [2.24, 2.45) is 0 Å². The molecule has 20 heavy (non-hydrogen) atoms. The van der Waals surface area contributed by atoms with Gasteiger partial charge >= 0.3 is 6.03 Å². The van der Waals surface area contributed by atoms with E-state index in [1.54, 1.807) is 39.4 Å². The summed E-state index contributed by atoms with van der Waals surface area (Å²) in [5.41, 5.74) is 0.489. The number of carbonyl (C=O) groups is 2. The number of halogens is 1. The Balaban J connectivity index is 2.49. The van der Waals surface area contributed by atoms with Crippen LogP contribution in [0, 0.1) is 0 Å². The van der Waals surface area contributed by atoms with E-state index < -0.39 is 0 Å². The first-order valence-corrected chi connectivity index (χ1v) is 6.82. The highest BCUT2D eigenvalue weighted by molar-refractivity contribution is 9.10. The van der Waals surface area contributed by atoms with Gasteiger partial charge in [-0.15, -0.1) is 0 Å². The first-order valence-electron chi connectivity index (χ1n) is 6.02. The fourth-order valence-electron chi connectivity index (χ4n) is 1.40. The summed E-state index contributed by atoms with van der Waals surface area (Å²) in [6.07, 6.45) is 0. The number of carbonyl (C=O) groups excluding carboxylic acids is 2. The van der Waals surface area contributed by atoms with E-state index in [0.29, 0.717) is 28.9 Å². The molecule has 6 nitrogen and oxygen atoms in total. The number of amides is 3. The number of ether oxygens (including phenoxy) is 1. The van der Waals surface area contributed by atoms with Crippen LogP contribution in [0.2, 0.25) is 0 Å². The molecule has 1 aromatic rings. The van der Waals surface area contributed by atoms with Crippen LogP contribution in [0.4, 0.5) is 4.79 Å². The normalized spacial score (nSPS) is 9.80. The average Bonchev–Trinajstić information content (AvgIpc) is 2.43. The Labute approximate surface area is 126 Å². The van der Waals surface area contributed by atoms with Gasteiger partial charge in [-0.1, -0.05) is 0 Å². The summed E-state index contributed by atoms with van der Waals surface area (Å²) in [6.45, 7) is 0.715. The van der Waals surface area contributed by atoms with E-state index in [9.17, 15) is 9.59 Å². The molecule has 0 saturated heterocycles. The highest BCUT2D eigenvalue weighted by Gasteiger charge is 2.11. The Morgan fingerprint density at radius 3 is 2.50 bits per heavy atom. The molecule has 0 fully saturated rings. The molecule has 0 aromatic heterocycles. The summed E-state index contributed by atoms with van der Waals surface area (Å²) < 4.78 is 5.77. The van der Waals surface area contributed by atoms with Gasteiger partial charge in [0.25, 0.3) is 5.91 Å². The lowest BCUT2D eigenvalue weighted by Crippen LogP contribution is -2.39. The first-order chi connectivity index (χ1) is 9.45. The molecule has 3 amide bonds. The third-order valence-corrected chi connectivity index (χ3v) is 3.20. The predicted octanol–water partition coefficient (Wildman–Crippen LogP) is 1.46. The Bertz CT molecular complexity index is 492. The molecule has 110 valence electrons. The fraction of sp³-hybridized carbons (Fsp3) is 0.385. The molecule has 0 aliphatic heterocycles. The molecule has 0 saturated carbocycles. The second-order valence-electron chi connectivity index (χ2n) is 4.23. The van der Waals surface area contributed by atoms with Gasteiger partial charge in [-0.2, -0.15) is 0 Å². The van der Waals surface area contributed by atoms with Gasteiger partial charge in [0.05, 0.1) is 12.7 Å². The standard InChI is InChI=1S/C13H18BrN3O3/c1-17(2)13(19)16-7-6-15-12(18)10-8-9(20-3)4-5-11(10)14/h4-5,8H,6-7H2,1-3H3,(H,15,18)(H,16,19). The van der Waals surface area contributed by atoms with Crippen molar-refractivity contribution in [2.45, 2.75) is 0 Å². The summed E-state index contributed by atoms with van der Waals surface area (Å²) in [4.78, 5) is 24.7. The summed E-state index contributed by atoms with van der Waals surface area (Å²) >= 11 is 3.32. The van der Waals surface area contributed by atoms with Crippen molar-refractivity contribution >= 4 is 27.9 Å². The zero-order chi connectivity index (χ0) is 15.1. The third-order valence-electron chi connectivity index (χ3n) is 2.51. The van der Waals surface area contributed by atoms with E-state index in [0.717, 1.165) is 0 Å². The van der Waals surface area contributed by atoms with Crippen LogP contribution in [0.3, 0.4) is 0 Å². The molecule has 0 radical (unpaired) electrons. The van der Waals surface area contributed by atoms with E-state index in [1.165, 1.54) is 4.90 Å². The van der Waals surface area contributed by atoms with Crippen molar-refractivity contribution in [2.75, 3.05) is 34.3 Å². The average molecular weight is 344 g/mol. The SMILES string of the molecule is COc1ccc(Br)c(C(=O)NCCNC(=O)N(C)C)c1. The zero-order valence-corrected chi connectivity index (χ0v) is 13.3. The smallest absolute Gasteiger partial charge is 0.316 e. The van der Waals surface area contributed by atoms with Crippen molar-refractivity contribution < 1.29 is 14.3 Å². The minimum absolute atomic E-state index is 0.193.